The minimum atomic E-state index is -0.579. The van der Waals surface area contributed by atoms with Crippen LogP contribution < -0.4 is 17.2 Å². The molecule has 1 aliphatic heterocycles. The highest BCUT2D eigenvalue weighted by molar-refractivity contribution is 5.21. The highest BCUT2D eigenvalue weighted by atomic mass is 16.7. The van der Waals surface area contributed by atoms with Crippen molar-refractivity contribution >= 4 is 0 Å². The van der Waals surface area contributed by atoms with Gasteiger partial charge in [-0.1, -0.05) is 0 Å². The molecule has 0 spiro atoms. The summed E-state index contributed by atoms with van der Waals surface area (Å²) in [5.41, 5.74) is 17.4. The fraction of sp³-hybridized carbons (Fsp3) is 0.556. The Morgan fingerprint density at radius 1 is 1.43 bits per heavy atom. The summed E-state index contributed by atoms with van der Waals surface area (Å²) in [5, 5.41) is 0. The normalized spacial score (nSPS) is 28.0. The van der Waals surface area contributed by atoms with Crippen molar-refractivity contribution in [1.29, 1.82) is 0 Å². The monoisotopic (exact) mass is 199 g/mol. The number of ether oxygens (including phenoxy) is 2. The third-order valence-corrected chi connectivity index (χ3v) is 1.91. The van der Waals surface area contributed by atoms with Crippen molar-refractivity contribution < 1.29 is 9.47 Å². The fourth-order valence-corrected chi connectivity index (χ4v) is 1.18. The van der Waals surface area contributed by atoms with Gasteiger partial charge in [0, 0.05) is 17.6 Å². The van der Waals surface area contributed by atoms with Crippen LogP contribution in [0.5, 0.6) is 0 Å². The van der Waals surface area contributed by atoms with E-state index >= 15 is 0 Å². The molecule has 14 heavy (non-hydrogen) atoms. The van der Waals surface area contributed by atoms with Gasteiger partial charge >= 0.3 is 0 Å². The summed E-state index contributed by atoms with van der Waals surface area (Å²) in [7, 11) is 0. The van der Waals surface area contributed by atoms with Crippen molar-refractivity contribution in [3.8, 4) is 0 Å². The molecule has 80 valence electrons. The highest BCUT2D eigenvalue weighted by Crippen LogP contribution is 2.24. The van der Waals surface area contributed by atoms with Gasteiger partial charge in [0.05, 0.1) is 6.61 Å². The van der Waals surface area contributed by atoms with Crippen LogP contribution >= 0.6 is 0 Å². The zero-order valence-electron chi connectivity index (χ0n) is 8.49. The minimum Gasteiger partial charge on any atom is -0.403 e. The van der Waals surface area contributed by atoms with Crippen LogP contribution in [0.3, 0.4) is 0 Å². The zero-order valence-corrected chi connectivity index (χ0v) is 8.49. The molecule has 1 fully saturated rings. The van der Waals surface area contributed by atoms with Crippen LogP contribution in [-0.4, -0.2) is 18.5 Å². The Bertz CT molecular complexity index is 271. The molecule has 0 aromatic rings. The Balaban J connectivity index is 2.64. The smallest absolute Gasteiger partial charge is 0.163 e. The zero-order chi connectivity index (χ0) is 10.8. The van der Waals surface area contributed by atoms with Crippen molar-refractivity contribution in [2.24, 2.45) is 17.2 Å². The van der Waals surface area contributed by atoms with Gasteiger partial charge in [-0.2, -0.15) is 0 Å². The number of hydrogen-bond acceptors (Lipinski definition) is 5. The standard InChI is InChI=1S/C9H17N3O2/c1-9(2)13-5-8(14-9)7(12)3-6(11)4-10/h3-4,8H,5,10-12H2,1-2H3/b6-4+,7-3-. The van der Waals surface area contributed by atoms with Gasteiger partial charge in [-0.05, 0) is 19.9 Å². The highest BCUT2D eigenvalue weighted by Gasteiger charge is 2.33. The van der Waals surface area contributed by atoms with Crippen molar-refractivity contribution in [2.45, 2.75) is 25.7 Å². The predicted molar refractivity (Wildman–Crippen MR) is 53.6 cm³/mol. The molecule has 0 aromatic heterocycles. The summed E-state index contributed by atoms with van der Waals surface area (Å²) in [6, 6.07) is 0. The van der Waals surface area contributed by atoms with Gasteiger partial charge < -0.3 is 26.7 Å². The van der Waals surface area contributed by atoms with E-state index in [1.54, 1.807) is 6.08 Å². The van der Waals surface area contributed by atoms with Crippen LogP contribution in [0.2, 0.25) is 0 Å². The second-order valence-corrected chi connectivity index (χ2v) is 3.63. The van der Waals surface area contributed by atoms with Gasteiger partial charge in [-0.25, -0.2) is 0 Å². The average Bonchev–Trinajstić information content (AvgIpc) is 2.46. The van der Waals surface area contributed by atoms with E-state index in [0.29, 0.717) is 18.0 Å². The number of allylic oxidation sites excluding steroid dienone is 1. The largest absolute Gasteiger partial charge is 0.403 e. The molecule has 1 heterocycles. The first-order chi connectivity index (χ1) is 6.44. The Morgan fingerprint density at radius 3 is 2.50 bits per heavy atom. The average molecular weight is 199 g/mol. The lowest BCUT2D eigenvalue weighted by Crippen LogP contribution is -2.25. The second kappa shape index (κ2) is 3.89. The van der Waals surface area contributed by atoms with Crippen LogP contribution in [-0.2, 0) is 9.47 Å². The van der Waals surface area contributed by atoms with E-state index in [0.717, 1.165) is 0 Å². The summed E-state index contributed by atoms with van der Waals surface area (Å²) in [4.78, 5) is 0. The van der Waals surface area contributed by atoms with Gasteiger partial charge in [0.1, 0.15) is 6.10 Å². The quantitative estimate of drug-likeness (QED) is 0.532. The van der Waals surface area contributed by atoms with Gasteiger partial charge in [0.15, 0.2) is 5.79 Å². The molecule has 1 unspecified atom stereocenters. The first-order valence-electron chi connectivity index (χ1n) is 4.41. The molecule has 1 saturated heterocycles. The van der Waals surface area contributed by atoms with E-state index in [4.69, 9.17) is 26.7 Å². The summed E-state index contributed by atoms with van der Waals surface area (Å²) in [6.45, 7) is 4.11. The molecule has 0 bridgehead atoms. The van der Waals surface area contributed by atoms with E-state index in [-0.39, 0.29) is 6.10 Å². The van der Waals surface area contributed by atoms with Crippen molar-refractivity contribution in [1.82, 2.24) is 0 Å². The fourth-order valence-electron chi connectivity index (χ4n) is 1.18. The summed E-state index contributed by atoms with van der Waals surface area (Å²) in [5.74, 6) is -0.579. The van der Waals surface area contributed by atoms with Crippen molar-refractivity contribution in [2.75, 3.05) is 6.61 Å². The van der Waals surface area contributed by atoms with Crippen LogP contribution in [0.25, 0.3) is 0 Å². The third-order valence-electron chi connectivity index (χ3n) is 1.91. The maximum absolute atomic E-state index is 5.76. The van der Waals surface area contributed by atoms with E-state index in [1.165, 1.54) is 6.20 Å². The SMILES string of the molecule is CC1(C)OCC(/C(N)=C/C(N)=C\N)O1. The Kier molecular flexibility index (Phi) is 3.03. The topological polar surface area (TPSA) is 96.5 Å². The molecule has 0 saturated carbocycles. The third kappa shape index (κ3) is 2.65. The molecule has 0 aliphatic carbocycles. The molecule has 5 heteroatoms. The van der Waals surface area contributed by atoms with Crippen LogP contribution in [0, 0.1) is 0 Å². The van der Waals surface area contributed by atoms with E-state index in [1.807, 2.05) is 13.8 Å². The van der Waals surface area contributed by atoms with Gasteiger partial charge in [0.25, 0.3) is 0 Å². The predicted octanol–water partition coefficient (Wildman–Crippen LogP) is -0.261. The first-order valence-corrected chi connectivity index (χ1v) is 4.41. The molecule has 1 atom stereocenters. The van der Waals surface area contributed by atoms with Gasteiger partial charge in [-0.15, -0.1) is 0 Å². The van der Waals surface area contributed by atoms with Gasteiger partial charge in [-0.3, -0.25) is 0 Å². The van der Waals surface area contributed by atoms with Crippen LogP contribution in [0.4, 0.5) is 0 Å². The van der Waals surface area contributed by atoms with Crippen molar-refractivity contribution in [3.05, 3.63) is 23.7 Å². The molecule has 1 rings (SSSR count). The lowest BCUT2D eigenvalue weighted by Gasteiger charge is -2.17. The Hall–Kier alpha value is -1.20. The number of rotatable bonds is 2. The maximum atomic E-state index is 5.76. The summed E-state index contributed by atoms with van der Waals surface area (Å²) < 4.78 is 10.9. The van der Waals surface area contributed by atoms with E-state index in [2.05, 4.69) is 0 Å². The number of nitrogens with two attached hydrogens (primary N) is 3. The molecule has 0 amide bonds. The van der Waals surface area contributed by atoms with Gasteiger partial charge in [0.2, 0.25) is 0 Å². The van der Waals surface area contributed by atoms with Crippen LogP contribution in [0.15, 0.2) is 23.7 Å². The van der Waals surface area contributed by atoms with E-state index < -0.39 is 5.79 Å². The molecule has 1 aliphatic rings. The second-order valence-electron chi connectivity index (χ2n) is 3.63. The lowest BCUT2D eigenvalue weighted by molar-refractivity contribution is -0.134. The Morgan fingerprint density at radius 2 is 2.07 bits per heavy atom. The molecular formula is C9H17N3O2. The van der Waals surface area contributed by atoms with Crippen molar-refractivity contribution in [3.63, 3.8) is 0 Å². The number of hydrogen-bond donors (Lipinski definition) is 3. The Labute approximate surface area is 83.5 Å². The molecule has 6 N–H and O–H groups in total. The molecule has 5 nitrogen and oxygen atoms in total. The molecular weight excluding hydrogens is 182 g/mol. The first kappa shape index (κ1) is 10.9. The van der Waals surface area contributed by atoms with E-state index in [9.17, 15) is 0 Å². The summed E-state index contributed by atoms with van der Waals surface area (Å²) in [6.07, 6.45) is 2.62. The minimum absolute atomic E-state index is 0.247. The molecule has 0 aromatic carbocycles. The molecule has 0 radical (unpaired) electrons. The van der Waals surface area contributed by atoms with Crippen LogP contribution in [0.1, 0.15) is 13.8 Å². The lowest BCUT2D eigenvalue weighted by atomic mass is 10.2. The maximum Gasteiger partial charge on any atom is 0.163 e. The summed E-state index contributed by atoms with van der Waals surface area (Å²) >= 11 is 0.